The van der Waals surface area contributed by atoms with Gasteiger partial charge in [0.2, 0.25) is 0 Å². The quantitative estimate of drug-likeness (QED) is 0.718. The molecule has 1 unspecified atom stereocenters. The van der Waals surface area contributed by atoms with Gasteiger partial charge in [0, 0.05) is 49.5 Å². The van der Waals surface area contributed by atoms with Crippen LogP contribution >= 0.6 is 0 Å². The van der Waals surface area contributed by atoms with Crippen molar-refractivity contribution in [1.82, 2.24) is 20.6 Å². The molecule has 1 aliphatic rings. The molecular formula is C21H24F2N6O. The molecule has 1 atom stereocenters. The van der Waals surface area contributed by atoms with E-state index in [9.17, 15) is 13.9 Å². The molecule has 3 rings (SSSR count). The van der Waals surface area contributed by atoms with Crippen molar-refractivity contribution < 1.29 is 13.9 Å². The highest BCUT2D eigenvalue weighted by atomic mass is 19.1. The lowest BCUT2D eigenvalue weighted by Gasteiger charge is -2.11. The highest BCUT2D eigenvalue weighted by Gasteiger charge is 2.11. The average molecular weight is 414 g/mol. The summed E-state index contributed by atoms with van der Waals surface area (Å²) in [5.74, 6) is -1.12. The molecule has 158 valence electrons. The van der Waals surface area contributed by atoms with Crippen molar-refractivity contribution in [3.05, 3.63) is 59.7 Å². The van der Waals surface area contributed by atoms with Gasteiger partial charge >= 0.3 is 0 Å². The molecule has 9 heteroatoms. The fourth-order valence-electron chi connectivity index (χ4n) is 2.86. The highest BCUT2D eigenvalue weighted by Crippen LogP contribution is 2.21. The number of aryl methyl sites for hydroxylation is 1. The number of halogens is 2. The smallest absolute Gasteiger partial charge is 0.181 e. The Morgan fingerprint density at radius 3 is 2.90 bits per heavy atom. The van der Waals surface area contributed by atoms with Crippen LogP contribution in [0, 0.1) is 12.7 Å². The lowest BCUT2D eigenvalue weighted by molar-refractivity contribution is 0.158. The van der Waals surface area contributed by atoms with Crippen LogP contribution in [0.5, 0.6) is 0 Å². The van der Waals surface area contributed by atoms with E-state index < -0.39 is 17.7 Å². The Kier molecular flexibility index (Phi) is 7.56. The molecule has 0 fully saturated rings. The van der Waals surface area contributed by atoms with Gasteiger partial charge in [0.25, 0.3) is 0 Å². The summed E-state index contributed by atoms with van der Waals surface area (Å²) in [4.78, 5) is 16.4. The van der Waals surface area contributed by atoms with Crippen LogP contribution in [0.3, 0.4) is 0 Å². The molecule has 30 heavy (non-hydrogen) atoms. The summed E-state index contributed by atoms with van der Waals surface area (Å²) in [6.45, 7) is 2.78. The fraction of sp³-hybridized carbons (Fsp3) is 0.333. The van der Waals surface area contributed by atoms with Gasteiger partial charge in [-0.3, -0.25) is 15.0 Å². The molecule has 3 heterocycles. The monoisotopic (exact) mass is 414 g/mol. The normalized spacial score (nSPS) is 22.3. The zero-order valence-electron chi connectivity index (χ0n) is 16.6. The van der Waals surface area contributed by atoms with Crippen molar-refractivity contribution in [2.24, 2.45) is 9.98 Å². The van der Waals surface area contributed by atoms with Crippen LogP contribution in [-0.2, 0) is 6.54 Å². The number of aliphatic hydroxyl groups is 1. The van der Waals surface area contributed by atoms with Gasteiger partial charge in [0.15, 0.2) is 11.7 Å². The fourth-order valence-corrected chi connectivity index (χ4v) is 2.86. The first-order valence-corrected chi connectivity index (χ1v) is 9.68. The number of hydrogen-bond donors (Lipinski definition) is 3. The van der Waals surface area contributed by atoms with Crippen molar-refractivity contribution in [2.75, 3.05) is 13.1 Å². The average Bonchev–Trinajstić information content (AvgIpc) is 2.72. The van der Waals surface area contributed by atoms with Crippen LogP contribution in [0.2, 0.25) is 0 Å². The summed E-state index contributed by atoms with van der Waals surface area (Å²) < 4.78 is 29.0. The van der Waals surface area contributed by atoms with Gasteiger partial charge in [-0.25, -0.2) is 13.8 Å². The third-order valence-electron chi connectivity index (χ3n) is 4.46. The number of hydrogen-bond acceptors (Lipinski definition) is 7. The van der Waals surface area contributed by atoms with Gasteiger partial charge < -0.3 is 15.7 Å². The van der Waals surface area contributed by atoms with Gasteiger partial charge in [-0.15, -0.1) is 0 Å². The molecule has 0 aliphatic carbocycles. The summed E-state index contributed by atoms with van der Waals surface area (Å²) in [6, 6.07) is 4.81. The Bertz CT molecular complexity index is 960. The maximum atomic E-state index is 14.6. The second kappa shape index (κ2) is 10.5. The number of aliphatic imine (C=N–C) groups is 2. The Morgan fingerprint density at radius 2 is 2.10 bits per heavy atom. The molecule has 2 aromatic heterocycles. The Morgan fingerprint density at radius 1 is 1.23 bits per heavy atom. The molecule has 7 nitrogen and oxygen atoms in total. The van der Waals surface area contributed by atoms with E-state index in [0.29, 0.717) is 37.1 Å². The largest absolute Gasteiger partial charge is 0.393 e. The first-order chi connectivity index (χ1) is 14.5. The van der Waals surface area contributed by atoms with Crippen molar-refractivity contribution >= 4 is 12.2 Å². The topological polar surface area (TPSA) is 94.8 Å². The number of amidine groups is 1. The molecule has 0 spiro atoms. The standard InChI is InChI=1S/C21H24F2N6O/c1-14-8-16(2-7-26-14)20-18(22)9-15(10-27-20)11-28-21-19(23)12-24-5-3-17(30)4-6-25-13-29-21/h2,7-10,12-13,17,24,30H,3-6,11H2,1H3,(H,25,28,29)/b19-12-. The van der Waals surface area contributed by atoms with Crippen LogP contribution in [0.15, 0.2) is 52.6 Å². The van der Waals surface area contributed by atoms with Crippen molar-refractivity contribution in [3.63, 3.8) is 0 Å². The Hall–Kier alpha value is -3.20. The number of pyridine rings is 2. The van der Waals surface area contributed by atoms with E-state index in [2.05, 4.69) is 30.6 Å². The van der Waals surface area contributed by atoms with E-state index in [1.54, 1.807) is 18.3 Å². The van der Waals surface area contributed by atoms with E-state index in [1.807, 2.05) is 6.92 Å². The minimum atomic E-state index is -0.617. The van der Waals surface area contributed by atoms with E-state index in [4.69, 9.17) is 0 Å². The van der Waals surface area contributed by atoms with Crippen LogP contribution < -0.4 is 10.6 Å². The minimum Gasteiger partial charge on any atom is -0.393 e. The zero-order valence-corrected chi connectivity index (χ0v) is 16.6. The van der Waals surface area contributed by atoms with Crippen LogP contribution in [0.4, 0.5) is 8.78 Å². The van der Waals surface area contributed by atoms with E-state index in [0.717, 1.165) is 5.69 Å². The third kappa shape index (κ3) is 6.15. The third-order valence-corrected chi connectivity index (χ3v) is 4.46. The Balaban J connectivity index is 1.71. The number of rotatable bonds is 3. The molecule has 0 amide bonds. The molecule has 0 radical (unpaired) electrons. The van der Waals surface area contributed by atoms with E-state index in [-0.39, 0.29) is 18.1 Å². The van der Waals surface area contributed by atoms with Crippen LogP contribution in [0.25, 0.3) is 11.3 Å². The van der Waals surface area contributed by atoms with Crippen molar-refractivity contribution in [3.8, 4) is 11.3 Å². The molecule has 0 bridgehead atoms. The van der Waals surface area contributed by atoms with Gasteiger partial charge in [0.1, 0.15) is 17.8 Å². The van der Waals surface area contributed by atoms with E-state index in [1.165, 1.54) is 24.8 Å². The van der Waals surface area contributed by atoms with Crippen LogP contribution in [0.1, 0.15) is 24.1 Å². The van der Waals surface area contributed by atoms with Gasteiger partial charge in [0.05, 0.1) is 6.10 Å². The number of aromatic nitrogens is 2. The summed E-state index contributed by atoms with van der Waals surface area (Å²) in [5, 5.41) is 15.4. The van der Waals surface area contributed by atoms with Crippen molar-refractivity contribution in [1.29, 1.82) is 0 Å². The number of aliphatic hydroxyl groups excluding tert-OH is 1. The minimum absolute atomic E-state index is 0.0263. The molecule has 0 saturated heterocycles. The molecule has 0 saturated carbocycles. The maximum Gasteiger partial charge on any atom is 0.181 e. The molecule has 0 aromatic carbocycles. The van der Waals surface area contributed by atoms with Crippen LogP contribution in [-0.4, -0.2) is 46.4 Å². The molecule has 1 aliphatic heterocycles. The lowest BCUT2D eigenvalue weighted by Crippen LogP contribution is -2.26. The zero-order chi connectivity index (χ0) is 21.3. The summed E-state index contributed by atoms with van der Waals surface area (Å²) in [6.07, 6.45) is 6.08. The summed E-state index contributed by atoms with van der Waals surface area (Å²) >= 11 is 0. The van der Waals surface area contributed by atoms with Crippen molar-refractivity contribution in [2.45, 2.75) is 32.4 Å². The molecule has 2 aromatic rings. The molecule has 3 N–H and O–H groups in total. The van der Waals surface area contributed by atoms with Gasteiger partial charge in [-0.1, -0.05) is 0 Å². The summed E-state index contributed by atoms with van der Waals surface area (Å²) in [7, 11) is 0. The maximum absolute atomic E-state index is 14.6. The second-order valence-electron chi connectivity index (χ2n) is 6.89. The van der Waals surface area contributed by atoms with Gasteiger partial charge in [-0.05, 0) is 43.5 Å². The predicted molar refractivity (Wildman–Crippen MR) is 112 cm³/mol. The second-order valence-corrected chi connectivity index (χ2v) is 6.89. The number of nitrogens with one attached hydrogen (secondary N) is 2. The summed E-state index contributed by atoms with van der Waals surface area (Å²) in [5.41, 5.74) is 2.19. The molecular weight excluding hydrogens is 390 g/mol. The first kappa shape index (κ1) is 21.5. The predicted octanol–water partition coefficient (Wildman–Crippen LogP) is 2.66. The number of nitrogens with zero attached hydrogens (tertiary/aromatic N) is 4. The SMILES string of the molecule is Cc1cc(-c2ncc(CNC3=N/C=N\CCC(O)CCN\C=C\3F)cc2F)ccn1. The van der Waals surface area contributed by atoms with E-state index >= 15 is 0 Å². The van der Waals surface area contributed by atoms with Gasteiger partial charge in [-0.2, -0.15) is 0 Å². The first-order valence-electron chi connectivity index (χ1n) is 9.68. The highest BCUT2D eigenvalue weighted by molar-refractivity contribution is 6.00. The Labute approximate surface area is 173 Å². The lowest BCUT2D eigenvalue weighted by atomic mass is 10.1.